The van der Waals surface area contributed by atoms with Crippen molar-refractivity contribution in [3.8, 4) is 0 Å². The first-order valence-corrected chi connectivity index (χ1v) is 9.52. The van der Waals surface area contributed by atoms with E-state index in [1.807, 2.05) is 37.4 Å². The first kappa shape index (κ1) is 17.7. The van der Waals surface area contributed by atoms with E-state index in [-0.39, 0.29) is 5.91 Å². The van der Waals surface area contributed by atoms with Crippen molar-refractivity contribution in [2.24, 2.45) is 0 Å². The number of carbonyl (C=O) groups excluding carboxylic acids is 2. The van der Waals surface area contributed by atoms with Crippen LogP contribution in [0.1, 0.15) is 51.7 Å². The number of nitrogens with one attached hydrogen (secondary N) is 1. The number of anilines is 1. The third-order valence-corrected chi connectivity index (χ3v) is 5.66. The van der Waals surface area contributed by atoms with E-state index in [4.69, 9.17) is 4.74 Å². The monoisotopic (exact) mass is 357 g/mol. The summed E-state index contributed by atoms with van der Waals surface area (Å²) in [6.07, 6.45) is 3.40. The predicted octanol–water partition coefficient (Wildman–Crippen LogP) is 4.43. The summed E-state index contributed by atoms with van der Waals surface area (Å²) in [6.45, 7) is 5.55. The quantitative estimate of drug-likeness (QED) is 0.824. The van der Waals surface area contributed by atoms with Gasteiger partial charge >= 0.3 is 5.97 Å². The van der Waals surface area contributed by atoms with E-state index in [1.54, 1.807) is 18.3 Å². The molecule has 1 aromatic carbocycles. The molecule has 0 bridgehead atoms. The number of carbonyl (C=O) groups is 2. The molecule has 132 valence electrons. The molecular formula is C20H23NO3S. The summed E-state index contributed by atoms with van der Waals surface area (Å²) in [7, 11) is 0. The Morgan fingerprint density at radius 3 is 2.72 bits per heavy atom. The van der Waals surface area contributed by atoms with Crippen LogP contribution in [0, 0.1) is 13.8 Å². The molecule has 0 saturated carbocycles. The topological polar surface area (TPSA) is 55.4 Å². The van der Waals surface area contributed by atoms with Crippen LogP contribution in [-0.4, -0.2) is 18.0 Å². The van der Waals surface area contributed by atoms with E-state index in [0.717, 1.165) is 41.6 Å². The molecule has 1 N–H and O–H groups in total. The summed E-state index contributed by atoms with van der Waals surface area (Å²) in [5, 5.41) is 4.70. The number of rotatable bonds is 4. The summed E-state index contributed by atoms with van der Waals surface area (Å²) in [5.74, 6) is -0.716. The van der Waals surface area contributed by atoms with Gasteiger partial charge in [-0.1, -0.05) is 17.7 Å². The minimum atomic E-state index is -0.840. The van der Waals surface area contributed by atoms with Gasteiger partial charge in [0.25, 0.3) is 5.91 Å². The van der Waals surface area contributed by atoms with Crippen molar-refractivity contribution in [1.29, 1.82) is 0 Å². The highest BCUT2D eigenvalue weighted by Gasteiger charge is 2.24. The lowest BCUT2D eigenvalue weighted by Crippen LogP contribution is -2.30. The maximum atomic E-state index is 12.5. The fourth-order valence-electron chi connectivity index (χ4n) is 3.13. The number of benzene rings is 1. The van der Waals surface area contributed by atoms with E-state index in [9.17, 15) is 9.59 Å². The highest BCUT2D eigenvalue weighted by atomic mass is 32.1. The lowest BCUT2D eigenvalue weighted by atomic mass is 9.96. The number of ether oxygens (including phenoxy) is 1. The molecule has 0 unspecified atom stereocenters. The lowest BCUT2D eigenvalue weighted by molar-refractivity contribution is -0.123. The normalized spacial score (nSPS) is 14.5. The second kappa shape index (κ2) is 7.40. The van der Waals surface area contributed by atoms with Crippen LogP contribution in [0.25, 0.3) is 0 Å². The SMILES string of the molecule is Cc1ccc(NC(=O)[C@H](C)OC(=O)c2csc3c2CCCC3)c(C)c1. The standard InChI is InChI=1S/C20H23NO3S/c1-12-8-9-17(13(2)10-12)21-19(22)14(3)24-20(23)16-11-25-18-7-5-4-6-15(16)18/h8-11,14H,4-7H2,1-3H3,(H,21,22)/t14-/m0/s1. The van der Waals surface area contributed by atoms with Gasteiger partial charge in [-0.2, -0.15) is 0 Å². The van der Waals surface area contributed by atoms with Gasteiger partial charge in [-0.25, -0.2) is 4.79 Å². The van der Waals surface area contributed by atoms with E-state index in [0.29, 0.717) is 5.56 Å². The zero-order valence-corrected chi connectivity index (χ0v) is 15.7. The number of aryl methyl sites for hydroxylation is 3. The highest BCUT2D eigenvalue weighted by Crippen LogP contribution is 2.30. The van der Waals surface area contributed by atoms with Gasteiger partial charge in [0.2, 0.25) is 0 Å². The summed E-state index contributed by atoms with van der Waals surface area (Å²) in [6, 6.07) is 5.81. The fraction of sp³-hybridized carbons (Fsp3) is 0.400. The van der Waals surface area contributed by atoms with Crippen LogP contribution < -0.4 is 5.32 Å². The molecule has 5 heteroatoms. The van der Waals surface area contributed by atoms with Crippen molar-refractivity contribution in [2.45, 2.75) is 52.6 Å². The average Bonchev–Trinajstić information content (AvgIpc) is 3.01. The van der Waals surface area contributed by atoms with Gasteiger partial charge in [0.05, 0.1) is 5.56 Å². The Labute approximate surface area is 152 Å². The van der Waals surface area contributed by atoms with Crippen molar-refractivity contribution in [3.63, 3.8) is 0 Å². The Kier molecular flexibility index (Phi) is 5.23. The Morgan fingerprint density at radius 2 is 1.96 bits per heavy atom. The second-order valence-electron chi connectivity index (χ2n) is 6.61. The molecule has 4 nitrogen and oxygen atoms in total. The van der Waals surface area contributed by atoms with Crippen molar-refractivity contribution in [3.05, 3.63) is 50.7 Å². The second-order valence-corrected chi connectivity index (χ2v) is 7.58. The van der Waals surface area contributed by atoms with Gasteiger partial charge in [-0.3, -0.25) is 4.79 Å². The molecular weight excluding hydrogens is 334 g/mol. The van der Waals surface area contributed by atoms with Crippen LogP contribution in [0.2, 0.25) is 0 Å². The maximum Gasteiger partial charge on any atom is 0.340 e. The number of hydrogen-bond donors (Lipinski definition) is 1. The summed E-state index contributed by atoms with van der Waals surface area (Å²) < 4.78 is 5.41. The van der Waals surface area contributed by atoms with Crippen molar-refractivity contribution in [2.75, 3.05) is 5.32 Å². The molecule has 0 saturated heterocycles. The molecule has 0 spiro atoms. The minimum absolute atomic E-state index is 0.315. The number of hydrogen-bond acceptors (Lipinski definition) is 4. The molecule has 0 radical (unpaired) electrons. The molecule has 0 fully saturated rings. The molecule has 0 aliphatic heterocycles. The van der Waals surface area contributed by atoms with E-state index >= 15 is 0 Å². The Hall–Kier alpha value is -2.14. The van der Waals surface area contributed by atoms with Crippen molar-refractivity contribution < 1.29 is 14.3 Å². The van der Waals surface area contributed by atoms with Crippen molar-refractivity contribution >= 4 is 28.9 Å². The number of thiophene rings is 1. The first-order chi connectivity index (χ1) is 12.0. The molecule has 1 heterocycles. The molecule has 1 amide bonds. The highest BCUT2D eigenvalue weighted by molar-refractivity contribution is 7.10. The maximum absolute atomic E-state index is 12.5. The number of esters is 1. The number of fused-ring (bicyclic) bond motifs is 1. The Bertz CT molecular complexity index is 809. The molecule has 1 aliphatic rings. The van der Waals surface area contributed by atoms with Crippen LogP contribution in [0.15, 0.2) is 23.6 Å². The molecule has 1 aromatic heterocycles. The van der Waals surface area contributed by atoms with Gasteiger partial charge < -0.3 is 10.1 Å². The van der Waals surface area contributed by atoms with Crippen LogP contribution in [0.3, 0.4) is 0 Å². The third kappa shape index (κ3) is 3.93. The molecule has 25 heavy (non-hydrogen) atoms. The van der Waals surface area contributed by atoms with Gasteiger partial charge in [0.1, 0.15) is 0 Å². The van der Waals surface area contributed by atoms with E-state index < -0.39 is 12.1 Å². The number of amides is 1. The first-order valence-electron chi connectivity index (χ1n) is 8.64. The molecule has 1 atom stereocenters. The van der Waals surface area contributed by atoms with Crippen LogP contribution in [0.4, 0.5) is 5.69 Å². The van der Waals surface area contributed by atoms with Crippen molar-refractivity contribution in [1.82, 2.24) is 0 Å². The molecule has 3 rings (SSSR count). The van der Waals surface area contributed by atoms with E-state index in [1.165, 1.54) is 11.3 Å². The fourth-order valence-corrected chi connectivity index (χ4v) is 4.25. The molecule has 2 aromatic rings. The van der Waals surface area contributed by atoms with E-state index in [2.05, 4.69) is 5.32 Å². The van der Waals surface area contributed by atoms with Gasteiger partial charge in [0.15, 0.2) is 6.10 Å². The summed E-state index contributed by atoms with van der Waals surface area (Å²) in [4.78, 5) is 26.1. The van der Waals surface area contributed by atoms with Crippen LogP contribution in [0.5, 0.6) is 0 Å². The average molecular weight is 357 g/mol. The minimum Gasteiger partial charge on any atom is -0.449 e. The third-order valence-electron chi connectivity index (χ3n) is 4.57. The van der Waals surface area contributed by atoms with Gasteiger partial charge in [-0.05, 0) is 63.6 Å². The zero-order chi connectivity index (χ0) is 18.0. The predicted molar refractivity (Wildman–Crippen MR) is 100 cm³/mol. The lowest BCUT2D eigenvalue weighted by Gasteiger charge is -2.16. The van der Waals surface area contributed by atoms with Gasteiger partial charge in [0, 0.05) is 15.9 Å². The Balaban J connectivity index is 1.65. The largest absolute Gasteiger partial charge is 0.449 e. The Morgan fingerprint density at radius 1 is 1.20 bits per heavy atom. The van der Waals surface area contributed by atoms with Crippen LogP contribution >= 0.6 is 11.3 Å². The summed E-state index contributed by atoms with van der Waals surface area (Å²) >= 11 is 1.62. The van der Waals surface area contributed by atoms with Crippen LogP contribution in [-0.2, 0) is 22.4 Å². The summed E-state index contributed by atoms with van der Waals surface area (Å²) in [5.41, 5.74) is 4.61. The van der Waals surface area contributed by atoms with Gasteiger partial charge in [-0.15, -0.1) is 11.3 Å². The molecule has 1 aliphatic carbocycles. The zero-order valence-electron chi connectivity index (χ0n) is 14.8. The smallest absolute Gasteiger partial charge is 0.340 e.